The molecule has 0 spiro atoms. The van der Waals surface area contributed by atoms with Crippen LogP contribution in [0, 0.1) is 0 Å². The van der Waals surface area contributed by atoms with E-state index in [1.54, 1.807) is 0 Å². The number of hydrogen-bond acceptors (Lipinski definition) is 6. The maximum Gasteiger partial charge on any atom is 0.331 e. The molecule has 0 bridgehead atoms. The monoisotopic (exact) mass is 340 g/mol. The van der Waals surface area contributed by atoms with Crippen molar-refractivity contribution in [2.24, 2.45) is 0 Å². The Labute approximate surface area is 143 Å². The minimum Gasteiger partial charge on any atom is -0.455 e. The van der Waals surface area contributed by atoms with Crippen molar-refractivity contribution in [2.75, 3.05) is 13.2 Å². The van der Waals surface area contributed by atoms with Gasteiger partial charge in [-0.15, -0.1) is 0 Å². The van der Waals surface area contributed by atoms with E-state index in [2.05, 4.69) is 0 Å². The standard InChI is InChI=1S/C18H28O6/c1-3-5-7-9-15(19)13-23-17(21)11-12-18(22)24-14-16(20)10-8-6-4-2/h11-12H,3-10,13-14H2,1-2H3/b12-11+. The van der Waals surface area contributed by atoms with Gasteiger partial charge in [-0.1, -0.05) is 39.5 Å². The second kappa shape index (κ2) is 14.6. The third kappa shape index (κ3) is 13.7. The van der Waals surface area contributed by atoms with Crippen molar-refractivity contribution in [3.8, 4) is 0 Å². The number of carbonyl (C=O) groups excluding carboxylic acids is 4. The average molecular weight is 340 g/mol. The molecular weight excluding hydrogens is 312 g/mol. The van der Waals surface area contributed by atoms with Gasteiger partial charge in [0.15, 0.2) is 11.6 Å². The number of rotatable bonds is 14. The Morgan fingerprint density at radius 1 is 0.667 bits per heavy atom. The Balaban J connectivity index is 3.86. The molecule has 0 amide bonds. The SMILES string of the molecule is CCCCCC(=O)COC(=O)/C=C/C(=O)OCC(=O)CCCCC. The quantitative estimate of drug-likeness (QED) is 0.274. The lowest BCUT2D eigenvalue weighted by Gasteiger charge is -2.02. The Bertz CT molecular complexity index is 399. The first-order valence-corrected chi connectivity index (χ1v) is 8.54. The molecule has 0 saturated carbocycles. The molecule has 0 aromatic heterocycles. The van der Waals surface area contributed by atoms with Gasteiger partial charge in [-0.2, -0.15) is 0 Å². The molecule has 0 heterocycles. The van der Waals surface area contributed by atoms with E-state index >= 15 is 0 Å². The molecular formula is C18H28O6. The fraction of sp³-hybridized carbons (Fsp3) is 0.667. The van der Waals surface area contributed by atoms with Gasteiger partial charge in [0, 0.05) is 25.0 Å². The summed E-state index contributed by atoms with van der Waals surface area (Å²) in [5.41, 5.74) is 0. The molecule has 6 heteroatoms. The van der Waals surface area contributed by atoms with E-state index in [1.165, 1.54) is 0 Å². The summed E-state index contributed by atoms with van der Waals surface area (Å²) in [5, 5.41) is 0. The molecule has 0 aliphatic carbocycles. The number of hydrogen-bond donors (Lipinski definition) is 0. The molecule has 6 nitrogen and oxygen atoms in total. The first kappa shape index (κ1) is 22.0. The minimum absolute atomic E-state index is 0.148. The van der Waals surface area contributed by atoms with E-state index in [0.717, 1.165) is 50.7 Å². The van der Waals surface area contributed by atoms with Crippen LogP contribution in [0.3, 0.4) is 0 Å². The predicted molar refractivity (Wildman–Crippen MR) is 89.4 cm³/mol. The molecule has 0 rings (SSSR count). The van der Waals surface area contributed by atoms with Crippen molar-refractivity contribution in [2.45, 2.75) is 65.2 Å². The summed E-state index contributed by atoms with van der Waals surface area (Å²) in [5.74, 6) is -1.87. The van der Waals surface area contributed by atoms with E-state index in [1.807, 2.05) is 13.8 Å². The largest absolute Gasteiger partial charge is 0.455 e. The number of carbonyl (C=O) groups is 4. The molecule has 0 saturated heterocycles. The fourth-order valence-electron chi connectivity index (χ4n) is 1.82. The van der Waals surface area contributed by atoms with Gasteiger partial charge in [-0.3, -0.25) is 9.59 Å². The van der Waals surface area contributed by atoms with Crippen molar-refractivity contribution in [3.63, 3.8) is 0 Å². The Morgan fingerprint density at radius 3 is 1.38 bits per heavy atom. The Kier molecular flexibility index (Phi) is 13.4. The lowest BCUT2D eigenvalue weighted by Crippen LogP contribution is -2.14. The van der Waals surface area contributed by atoms with Crippen LogP contribution in [0.1, 0.15) is 65.2 Å². The highest BCUT2D eigenvalue weighted by molar-refractivity contribution is 5.93. The van der Waals surface area contributed by atoms with E-state index in [4.69, 9.17) is 9.47 Å². The van der Waals surface area contributed by atoms with Crippen LogP contribution in [-0.4, -0.2) is 36.7 Å². The number of ether oxygens (including phenoxy) is 2. The zero-order valence-corrected chi connectivity index (χ0v) is 14.7. The fourth-order valence-corrected chi connectivity index (χ4v) is 1.82. The van der Waals surface area contributed by atoms with Gasteiger partial charge < -0.3 is 9.47 Å². The summed E-state index contributed by atoms with van der Waals surface area (Å²) >= 11 is 0. The van der Waals surface area contributed by atoms with Crippen molar-refractivity contribution in [1.29, 1.82) is 0 Å². The highest BCUT2D eigenvalue weighted by Crippen LogP contribution is 2.01. The van der Waals surface area contributed by atoms with Gasteiger partial charge in [-0.25, -0.2) is 9.59 Å². The van der Waals surface area contributed by atoms with Crippen LogP contribution in [0.5, 0.6) is 0 Å². The van der Waals surface area contributed by atoms with Crippen LogP contribution in [0.25, 0.3) is 0 Å². The lowest BCUT2D eigenvalue weighted by molar-refractivity contribution is -0.144. The topological polar surface area (TPSA) is 86.7 Å². The maximum absolute atomic E-state index is 11.4. The maximum atomic E-state index is 11.4. The van der Waals surface area contributed by atoms with Crippen LogP contribution in [0.2, 0.25) is 0 Å². The lowest BCUT2D eigenvalue weighted by atomic mass is 10.1. The molecule has 0 aromatic carbocycles. The van der Waals surface area contributed by atoms with Crippen molar-refractivity contribution in [1.82, 2.24) is 0 Å². The average Bonchev–Trinajstić information content (AvgIpc) is 2.56. The molecule has 0 radical (unpaired) electrons. The third-order valence-electron chi connectivity index (χ3n) is 3.22. The molecule has 0 atom stereocenters. The summed E-state index contributed by atoms with van der Waals surface area (Å²) < 4.78 is 9.45. The number of Topliss-reactive ketones (excluding diaryl/α,β-unsaturated/α-hetero) is 2. The molecule has 24 heavy (non-hydrogen) atoms. The third-order valence-corrected chi connectivity index (χ3v) is 3.22. The molecule has 0 aliphatic rings. The molecule has 0 unspecified atom stereocenters. The summed E-state index contributed by atoms with van der Waals surface area (Å²) in [6, 6.07) is 0. The van der Waals surface area contributed by atoms with Gasteiger partial charge in [0.05, 0.1) is 0 Å². The first-order valence-electron chi connectivity index (χ1n) is 8.54. The minimum atomic E-state index is -0.787. The van der Waals surface area contributed by atoms with Crippen molar-refractivity contribution >= 4 is 23.5 Å². The normalized spacial score (nSPS) is 10.6. The van der Waals surface area contributed by atoms with Gasteiger partial charge in [0.25, 0.3) is 0 Å². The molecule has 0 aliphatic heterocycles. The summed E-state index contributed by atoms with van der Waals surface area (Å²) in [6.45, 7) is 3.48. The zero-order chi connectivity index (χ0) is 18.2. The highest BCUT2D eigenvalue weighted by Gasteiger charge is 2.07. The van der Waals surface area contributed by atoms with Gasteiger partial charge in [0.2, 0.25) is 0 Å². The van der Waals surface area contributed by atoms with E-state index in [-0.39, 0.29) is 24.8 Å². The Hall–Kier alpha value is -1.98. The van der Waals surface area contributed by atoms with Crippen LogP contribution in [-0.2, 0) is 28.7 Å². The molecule has 136 valence electrons. The van der Waals surface area contributed by atoms with Crippen molar-refractivity contribution < 1.29 is 28.7 Å². The molecule has 0 N–H and O–H groups in total. The summed E-state index contributed by atoms with van der Waals surface area (Å²) in [4.78, 5) is 45.5. The van der Waals surface area contributed by atoms with Crippen LogP contribution >= 0.6 is 0 Å². The highest BCUT2D eigenvalue weighted by atomic mass is 16.5. The predicted octanol–water partition coefficient (Wildman–Crippen LogP) is 2.93. The van der Waals surface area contributed by atoms with Crippen LogP contribution in [0.15, 0.2) is 12.2 Å². The van der Waals surface area contributed by atoms with Crippen LogP contribution in [0.4, 0.5) is 0 Å². The van der Waals surface area contributed by atoms with Gasteiger partial charge >= 0.3 is 11.9 Å². The number of esters is 2. The van der Waals surface area contributed by atoms with Gasteiger partial charge in [-0.05, 0) is 12.8 Å². The summed E-state index contributed by atoms with van der Waals surface area (Å²) in [7, 11) is 0. The molecule has 0 aromatic rings. The number of unbranched alkanes of at least 4 members (excludes halogenated alkanes) is 4. The smallest absolute Gasteiger partial charge is 0.331 e. The second-order valence-corrected chi connectivity index (χ2v) is 5.54. The van der Waals surface area contributed by atoms with Gasteiger partial charge in [0.1, 0.15) is 13.2 Å². The second-order valence-electron chi connectivity index (χ2n) is 5.54. The number of ketones is 2. The van der Waals surface area contributed by atoms with Crippen molar-refractivity contribution in [3.05, 3.63) is 12.2 Å². The van der Waals surface area contributed by atoms with Crippen LogP contribution < -0.4 is 0 Å². The zero-order valence-electron chi connectivity index (χ0n) is 14.7. The van der Waals surface area contributed by atoms with E-state index in [9.17, 15) is 19.2 Å². The van der Waals surface area contributed by atoms with E-state index in [0.29, 0.717) is 12.8 Å². The Morgan fingerprint density at radius 2 is 1.04 bits per heavy atom. The summed E-state index contributed by atoms with van der Waals surface area (Å²) in [6.07, 6.45) is 8.05. The first-order chi connectivity index (χ1) is 11.5. The van der Waals surface area contributed by atoms with E-state index < -0.39 is 11.9 Å². The molecule has 0 fully saturated rings.